The van der Waals surface area contributed by atoms with Crippen molar-refractivity contribution in [2.24, 2.45) is 0 Å². The van der Waals surface area contributed by atoms with Gasteiger partial charge in [0.15, 0.2) is 0 Å². The topological polar surface area (TPSA) is 32.3 Å². The number of aromatic nitrogens is 2. The molecule has 0 aliphatic heterocycles. The zero-order chi connectivity index (χ0) is 13.0. The number of hydrogen-bond donors (Lipinski definition) is 0. The minimum absolute atomic E-state index is 0.576. The molecule has 96 valence electrons. The third kappa shape index (κ3) is 3.82. The lowest BCUT2D eigenvalue weighted by Crippen LogP contribution is -2.30. The zero-order valence-corrected chi connectivity index (χ0v) is 12.0. The van der Waals surface area contributed by atoms with E-state index < -0.39 is 0 Å². The van der Waals surface area contributed by atoms with Gasteiger partial charge in [-0.3, -0.25) is 0 Å². The summed E-state index contributed by atoms with van der Waals surface area (Å²) in [5.74, 6) is 1.67. The van der Waals surface area contributed by atoms with Gasteiger partial charge in [0.1, 0.15) is 16.8 Å². The van der Waals surface area contributed by atoms with E-state index in [2.05, 4.69) is 40.8 Å². The molecule has 0 spiro atoms. The highest BCUT2D eigenvalue weighted by Crippen LogP contribution is 2.23. The highest BCUT2D eigenvalue weighted by molar-refractivity contribution is 6.30. The molecule has 0 unspecified atom stereocenters. The van der Waals surface area contributed by atoms with Gasteiger partial charge in [0.2, 0.25) is 0 Å². The number of rotatable bonds is 5. The molecule has 0 saturated heterocycles. The van der Waals surface area contributed by atoms with Crippen LogP contribution in [0.2, 0.25) is 5.15 Å². The first-order valence-electron chi connectivity index (χ1n) is 5.84. The highest BCUT2D eigenvalue weighted by Gasteiger charge is 2.13. The van der Waals surface area contributed by atoms with Gasteiger partial charge in [-0.15, -0.1) is 0 Å². The Labute approximate surface area is 109 Å². The fourth-order valence-electron chi connectivity index (χ4n) is 1.62. The van der Waals surface area contributed by atoms with Crippen molar-refractivity contribution in [1.29, 1.82) is 0 Å². The van der Waals surface area contributed by atoms with Crippen LogP contribution in [0.5, 0.6) is 0 Å². The lowest BCUT2D eigenvalue weighted by atomic mass is 10.2. The Kier molecular flexibility index (Phi) is 5.15. The first-order chi connectivity index (χ1) is 7.95. The van der Waals surface area contributed by atoms with E-state index in [1.807, 2.05) is 14.0 Å². The van der Waals surface area contributed by atoms with E-state index in [0.717, 1.165) is 36.7 Å². The first kappa shape index (κ1) is 14.2. The van der Waals surface area contributed by atoms with E-state index in [-0.39, 0.29) is 0 Å². The van der Waals surface area contributed by atoms with Crippen LogP contribution in [0.25, 0.3) is 0 Å². The van der Waals surface area contributed by atoms with Crippen LogP contribution < -0.4 is 4.90 Å². The van der Waals surface area contributed by atoms with E-state index in [4.69, 9.17) is 11.6 Å². The van der Waals surface area contributed by atoms with E-state index >= 15 is 0 Å². The third-order valence-corrected chi connectivity index (χ3v) is 2.96. The van der Waals surface area contributed by atoms with E-state index in [9.17, 15) is 0 Å². The second kappa shape index (κ2) is 6.17. The molecule has 1 rings (SSSR count). The molecule has 17 heavy (non-hydrogen) atoms. The summed E-state index contributed by atoms with van der Waals surface area (Å²) < 4.78 is 0. The molecule has 0 fully saturated rings. The summed E-state index contributed by atoms with van der Waals surface area (Å²) in [7, 11) is 6.17. The van der Waals surface area contributed by atoms with Crippen LogP contribution in [0.4, 0.5) is 5.82 Å². The normalized spacial score (nSPS) is 11.0. The molecule has 5 heteroatoms. The minimum atomic E-state index is 0.576. The smallest absolute Gasteiger partial charge is 0.138 e. The van der Waals surface area contributed by atoms with E-state index in [0.29, 0.717) is 5.15 Å². The molecule has 0 aliphatic rings. The Balaban J connectivity index is 2.95. The Bertz CT molecular complexity index is 379. The molecular formula is C12H21ClN4. The number of likely N-dealkylation sites (N-methyl/N-ethyl adjacent to an activating group) is 2. The monoisotopic (exact) mass is 256 g/mol. The fourth-order valence-corrected chi connectivity index (χ4v) is 1.96. The summed E-state index contributed by atoms with van der Waals surface area (Å²) in [5.41, 5.74) is 1.03. The van der Waals surface area contributed by atoms with Gasteiger partial charge in [0.05, 0.1) is 0 Å². The molecule has 0 aromatic carbocycles. The van der Waals surface area contributed by atoms with E-state index in [1.54, 1.807) is 0 Å². The summed E-state index contributed by atoms with van der Waals surface area (Å²) in [6.45, 7) is 5.85. The molecule has 0 bridgehead atoms. The predicted octanol–water partition coefficient (Wildman–Crippen LogP) is 2.00. The standard InChI is InChI=1S/C12H21ClN4/c1-6-10-11(13)14-9(2)15-12(10)17(5)8-7-16(3)4/h6-8H2,1-5H3. The predicted molar refractivity (Wildman–Crippen MR) is 73.0 cm³/mol. The fraction of sp³-hybridized carbons (Fsp3) is 0.667. The lowest BCUT2D eigenvalue weighted by Gasteiger charge is -2.23. The van der Waals surface area contributed by atoms with Crippen molar-refractivity contribution in [1.82, 2.24) is 14.9 Å². The highest BCUT2D eigenvalue weighted by atomic mass is 35.5. The van der Waals surface area contributed by atoms with Crippen LogP contribution in [0.15, 0.2) is 0 Å². The Morgan fingerprint density at radius 2 is 1.76 bits per heavy atom. The van der Waals surface area contributed by atoms with Crippen molar-refractivity contribution < 1.29 is 0 Å². The minimum Gasteiger partial charge on any atom is -0.358 e. The van der Waals surface area contributed by atoms with Crippen LogP contribution in [0.1, 0.15) is 18.3 Å². The number of anilines is 1. The van der Waals surface area contributed by atoms with Gasteiger partial charge >= 0.3 is 0 Å². The van der Waals surface area contributed by atoms with Crippen molar-refractivity contribution in [2.75, 3.05) is 39.1 Å². The van der Waals surface area contributed by atoms with Crippen LogP contribution in [-0.2, 0) is 6.42 Å². The Morgan fingerprint density at radius 3 is 2.29 bits per heavy atom. The van der Waals surface area contributed by atoms with Crippen LogP contribution in [0, 0.1) is 6.92 Å². The Morgan fingerprint density at radius 1 is 1.12 bits per heavy atom. The molecule has 4 nitrogen and oxygen atoms in total. The quantitative estimate of drug-likeness (QED) is 0.755. The van der Waals surface area contributed by atoms with Crippen molar-refractivity contribution in [3.63, 3.8) is 0 Å². The van der Waals surface area contributed by atoms with Gasteiger partial charge in [0.25, 0.3) is 0 Å². The zero-order valence-electron chi connectivity index (χ0n) is 11.3. The summed E-state index contributed by atoms with van der Waals surface area (Å²) in [4.78, 5) is 13.0. The van der Waals surface area contributed by atoms with Gasteiger partial charge in [-0.05, 0) is 27.4 Å². The number of aryl methyl sites for hydroxylation is 1. The second-order valence-electron chi connectivity index (χ2n) is 4.44. The van der Waals surface area contributed by atoms with Crippen molar-refractivity contribution in [3.05, 3.63) is 16.5 Å². The third-order valence-electron chi connectivity index (χ3n) is 2.64. The maximum absolute atomic E-state index is 6.15. The number of nitrogens with zero attached hydrogens (tertiary/aromatic N) is 4. The van der Waals surface area contributed by atoms with Crippen LogP contribution in [0.3, 0.4) is 0 Å². The molecule has 0 saturated carbocycles. The largest absolute Gasteiger partial charge is 0.358 e. The molecule has 0 aliphatic carbocycles. The number of halogens is 1. The maximum atomic E-state index is 6.15. The average molecular weight is 257 g/mol. The lowest BCUT2D eigenvalue weighted by molar-refractivity contribution is 0.416. The van der Waals surface area contributed by atoms with Crippen molar-refractivity contribution in [2.45, 2.75) is 20.3 Å². The molecular weight excluding hydrogens is 236 g/mol. The summed E-state index contributed by atoms with van der Waals surface area (Å²) in [6.07, 6.45) is 0.848. The molecule has 0 radical (unpaired) electrons. The average Bonchev–Trinajstić information content (AvgIpc) is 2.24. The molecule has 0 N–H and O–H groups in total. The van der Waals surface area contributed by atoms with Gasteiger partial charge in [-0.2, -0.15) is 0 Å². The van der Waals surface area contributed by atoms with Gasteiger partial charge in [0, 0.05) is 25.7 Å². The summed E-state index contributed by atoms with van der Waals surface area (Å²) in [6, 6.07) is 0. The van der Waals surface area contributed by atoms with Crippen molar-refractivity contribution >= 4 is 17.4 Å². The number of hydrogen-bond acceptors (Lipinski definition) is 4. The molecule has 0 amide bonds. The summed E-state index contributed by atoms with van der Waals surface area (Å²) in [5, 5.41) is 0.576. The van der Waals surface area contributed by atoms with Crippen molar-refractivity contribution in [3.8, 4) is 0 Å². The van der Waals surface area contributed by atoms with Crippen LogP contribution in [-0.4, -0.2) is 49.1 Å². The Hall–Kier alpha value is -0.870. The maximum Gasteiger partial charge on any atom is 0.138 e. The van der Waals surface area contributed by atoms with E-state index in [1.165, 1.54) is 0 Å². The molecule has 0 atom stereocenters. The molecule has 1 aromatic rings. The van der Waals surface area contributed by atoms with Gasteiger partial charge in [-0.1, -0.05) is 18.5 Å². The second-order valence-corrected chi connectivity index (χ2v) is 4.80. The molecule has 1 heterocycles. The van der Waals surface area contributed by atoms with Gasteiger partial charge < -0.3 is 9.80 Å². The SMILES string of the molecule is CCc1c(Cl)nc(C)nc1N(C)CCN(C)C. The van der Waals surface area contributed by atoms with Gasteiger partial charge in [-0.25, -0.2) is 9.97 Å². The first-order valence-corrected chi connectivity index (χ1v) is 6.22. The van der Waals surface area contributed by atoms with Crippen LogP contribution >= 0.6 is 11.6 Å². The molecule has 1 aromatic heterocycles. The summed E-state index contributed by atoms with van der Waals surface area (Å²) >= 11 is 6.15.